The number of phenols is 1. The first-order chi connectivity index (χ1) is 17.2. The Kier molecular flexibility index (Phi) is 6.15. The molecule has 1 unspecified atom stereocenters. The summed E-state index contributed by atoms with van der Waals surface area (Å²) >= 11 is 0. The van der Waals surface area contributed by atoms with Gasteiger partial charge in [0, 0.05) is 17.3 Å². The lowest BCUT2D eigenvalue weighted by molar-refractivity contribution is -0.385. The molecule has 0 bridgehead atoms. The molecule has 1 heterocycles. The minimum absolute atomic E-state index is 0.121. The molecule has 36 heavy (non-hydrogen) atoms. The van der Waals surface area contributed by atoms with Crippen LogP contribution in [0.4, 0.5) is 11.4 Å². The van der Waals surface area contributed by atoms with Gasteiger partial charge in [0.15, 0.2) is 5.75 Å². The van der Waals surface area contributed by atoms with Gasteiger partial charge in [0.25, 0.3) is 11.7 Å². The Bertz CT molecular complexity index is 1490. The molecule has 0 aromatic heterocycles. The van der Waals surface area contributed by atoms with Crippen LogP contribution < -0.4 is 9.64 Å². The molecule has 3 aromatic carbocycles. The standard InChI is InChI=1S/C26H19N3O7/c1-14-11-18(36-2)8-9-19(14)24(31)22-23(16-5-10-21(30)20(12-16)29(34)35)28(26(33)25(22)32)17-6-3-15(13-27)4-7-17/h3-12,23,30-31H,1-2H3/b24-22-. The average molecular weight is 485 g/mol. The molecule has 1 aliphatic heterocycles. The highest BCUT2D eigenvalue weighted by atomic mass is 16.6. The molecule has 180 valence electrons. The number of ketones is 1. The Morgan fingerprint density at radius 1 is 1.11 bits per heavy atom. The van der Waals surface area contributed by atoms with Crippen LogP contribution in [0.25, 0.3) is 5.76 Å². The molecule has 0 radical (unpaired) electrons. The highest BCUT2D eigenvalue weighted by Gasteiger charge is 2.47. The van der Waals surface area contributed by atoms with Gasteiger partial charge in [-0.15, -0.1) is 0 Å². The number of ether oxygens (including phenoxy) is 1. The second kappa shape index (κ2) is 9.23. The van der Waals surface area contributed by atoms with Crippen molar-refractivity contribution in [1.29, 1.82) is 5.26 Å². The van der Waals surface area contributed by atoms with E-state index >= 15 is 0 Å². The van der Waals surface area contributed by atoms with E-state index in [9.17, 15) is 29.9 Å². The number of rotatable bonds is 5. The second-order valence-electron chi connectivity index (χ2n) is 8.01. The Morgan fingerprint density at radius 3 is 2.39 bits per heavy atom. The smallest absolute Gasteiger partial charge is 0.311 e. The summed E-state index contributed by atoms with van der Waals surface area (Å²) in [6.45, 7) is 1.69. The number of nitrogens with zero attached hydrogens (tertiary/aromatic N) is 3. The molecular weight excluding hydrogens is 466 g/mol. The molecule has 1 fully saturated rings. The van der Waals surface area contributed by atoms with Gasteiger partial charge in [-0.1, -0.05) is 6.07 Å². The van der Waals surface area contributed by atoms with Gasteiger partial charge in [-0.2, -0.15) is 5.26 Å². The number of aryl methyl sites for hydroxylation is 1. The van der Waals surface area contributed by atoms with E-state index in [-0.39, 0.29) is 22.4 Å². The van der Waals surface area contributed by atoms with Crippen LogP contribution in [0, 0.1) is 28.4 Å². The lowest BCUT2D eigenvalue weighted by Gasteiger charge is -2.25. The minimum Gasteiger partial charge on any atom is -0.507 e. The van der Waals surface area contributed by atoms with E-state index in [0.717, 1.165) is 17.0 Å². The van der Waals surface area contributed by atoms with Crippen molar-refractivity contribution in [2.75, 3.05) is 12.0 Å². The van der Waals surface area contributed by atoms with Crippen LogP contribution in [0.5, 0.6) is 11.5 Å². The number of methoxy groups -OCH3 is 1. The largest absolute Gasteiger partial charge is 0.507 e. The number of Topliss-reactive ketones (excluding diaryl/α,β-unsaturated/α-hetero) is 1. The summed E-state index contributed by atoms with van der Waals surface area (Å²) in [5.41, 5.74) is 0.606. The van der Waals surface area contributed by atoms with Crippen molar-refractivity contribution in [3.63, 3.8) is 0 Å². The van der Waals surface area contributed by atoms with Crippen molar-refractivity contribution in [2.45, 2.75) is 13.0 Å². The summed E-state index contributed by atoms with van der Waals surface area (Å²) in [4.78, 5) is 38.3. The van der Waals surface area contributed by atoms with Crippen molar-refractivity contribution < 1.29 is 29.5 Å². The number of hydrogen-bond donors (Lipinski definition) is 2. The van der Waals surface area contributed by atoms with Crippen LogP contribution in [0.3, 0.4) is 0 Å². The van der Waals surface area contributed by atoms with E-state index in [1.54, 1.807) is 19.1 Å². The molecule has 1 atom stereocenters. The van der Waals surface area contributed by atoms with E-state index in [0.29, 0.717) is 16.9 Å². The fourth-order valence-corrected chi connectivity index (χ4v) is 4.14. The number of hydrogen-bond acceptors (Lipinski definition) is 8. The third-order valence-corrected chi connectivity index (χ3v) is 5.92. The van der Waals surface area contributed by atoms with Gasteiger partial charge in [0.2, 0.25) is 0 Å². The van der Waals surface area contributed by atoms with Crippen molar-refractivity contribution >= 4 is 28.8 Å². The number of anilines is 1. The molecule has 4 rings (SSSR count). The number of aliphatic hydroxyl groups is 1. The summed E-state index contributed by atoms with van der Waals surface area (Å²) in [7, 11) is 1.48. The number of amides is 1. The number of benzene rings is 3. The number of nitriles is 1. The quantitative estimate of drug-likeness (QED) is 0.180. The maximum Gasteiger partial charge on any atom is 0.311 e. The van der Waals surface area contributed by atoms with Crippen LogP contribution in [0.15, 0.2) is 66.2 Å². The molecule has 1 saturated heterocycles. The summed E-state index contributed by atoms with van der Waals surface area (Å²) in [6, 6.07) is 14.8. The van der Waals surface area contributed by atoms with Gasteiger partial charge < -0.3 is 14.9 Å². The molecule has 0 saturated carbocycles. The van der Waals surface area contributed by atoms with E-state index in [1.807, 2.05) is 6.07 Å². The average Bonchev–Trinajstić information content (AvgIpc) is 3.14. The molecule has 0 spiro atoms. The lowest BCUT2D eigenvalue weighted by Crippen LogP contribution is -2.29. The van der Waals surface area contributed by atoms with Gasteiger partial charge in [-0.25, -0.2) is 0 Å². The number of nitro groups is 1. The number of carbonyl (C=O) groups is 2. The zero-order chi connectivity index (χ0) is 26.1. The highest BCUT2D eigenvalue weighted by molar-refractivity contribution is 6.51. The number of nitro benzene ring substituents is 1. The Morgan fingerprint density at radius 2 is 1.81 bits per heavy atom. The van der Waals surface area contributed by atoms with E-state index in [4.69, 9.17) is 10.00 Å². The maximum atomic E-state index is 13.3. The SMILES string of the molecule is COc1ccc(/C(O)=C2/C(=O)C(=O)N(c3ccc(C#N)cc3)C2c2ccc(O)c([N+](=O)[O-])c2)c(C)c1. The zero-order valence-corrected chi connectivity index (χ0v) is 19.1. The third-order valence-electron chi connectivity index (χ3n) is 5.92. The fourth-order valence-electron chi connectivity index (χ4n) is 4.14. The van der Waals surface area contributed by atoms with Gasteiger partial charge in [-0.05, 0) is 66.6 Å². The predicted octanol–water partition coefficient (Wildman–Crippen LogP) is 4.12. The number of aromatic hydroxyl groups is 1. The van der Waals surface area contributed by atoms with Crippen LogP contribution in [-0.2, 0) is 9.59 Å². The van der Waals surface area contributed by atoms with Crippen molar-refractivity contribution in [3.05, 3.63) is 98.6 Å². The molecular formula is C26H19N3O7. The van der Waals surface area contributed by atoms with Crippen molar-refractivity contribution in [2.24, 2.45) is 0 Å². The topological polar surface area (TPSA) is 154 Å². The van der Waals surface area contributed by atoms with E-state index in [1.165, 1.54) is 43.5 Å². The molecule has 1 aliphatic rings. The Hall–Kier alpha value is -5.17. The molecule has 10 heteroatoms. The summed E-state index contributed by atoms with van der Waals surface area (Å²) < 4.78 is 5.19. The molecule has 1 amide bonds. The first-order valence-corrected chi connectivity index (χ1v) is 10.6. The zero-order valence-electron chi connectivity index (χ0n) is 19.1. The van der Waals surface area contributed by atoms with Crippen LogP contribution >= 0.6 is 0 Å². The molecule has 2 N–H and O–H groups in total. The van der Waals surface area contributed by atoms with Gasteiger partial charge in [0.05, 0.1) is 35.3 Å². The normalized spacial score (nSPS) is 16.6. The molecule has 3 aromatic rings. The van der Waals surface area contributed by atoms with Crippen molar-refractivity contribution in [1.82, 2.24) is 0 Å². The molecule has 10 nitrogen and oxygen atoms in total. The summed E-state index contributed by atoms with van der Waals surface area (Å²) in [6.07, 6.45) is 0. The number of aliphatic hydroxyl groups excluding tert-OH is 1. The lowest BCUT2D eigenvalue weighted by atomic mass is 9.93. The van der Waals surface area contributed by atoms with Crippen LogP contribution in [0.1, 0.15) is 28.3 Å². The number of carbonyl (C=O) groups excluding carboxylic acids is 2. The van der Waals surface area contributed by atoms with Crippen molar-refractivity contribution in [3.8, 4) is 17.6 Å². The highest BCUT2D eigenvalue weighted by Crippen LogP contribution is 2.44. The Balaban J connectivity index is 1.99. The maximum absolute atomic E-state index is 13.3. The third kappa shape index (κ3) is 3.99. The summed E-state index contributed by atoms with van der Waals surface area (Å²) in [5.74, 6) is -2.50. The monoisotopic (exact) mass is 485 g/mol. The van der Waals surface area contributed by atoms with Crippen LogP contribution in [-0.4, -0.2) is 33.9 Å². The minimum atomic E-state index is -1.25. The predicted molar refractivity (Wildman–Crippen MR) is 128 cm³/mol. The molecule has 0 aliphatic carbocycles. The van der Waals surface area contributed by atoms with Gasteiger partial charge in [0.1, 0.15) is 11.5 Å². The Labute approximate surface area is 205 Å². The number of phenolic OH excluding ortho intramolecular Hbond substituents is 1. The van der Waals surface area contributed by atoms with Crippen LogP contribution in [0.2, 0.25) is 0 Å². The second-order valence-corrected chi connectivity index (χ2v) is 8.01. The van der Waals surface area contributed by atoms with Gasteiger partial charge in [-0.3, -0.25) is 24.6 Å². The first-order valence-electron chi connectivity index (χ1n) is 10.6. The summed E-state index contributed by atoms with van der Waals surface area (Å²) in [5, 5.41) is 41.8. The first kappa shape index (κ1) is 24.0. The van der Waals surface area contributed by atoms with E-state index < -0.39 is 39.9 Å². The fraction of sp³-hybridized carbons (Fsp3) is 0.115. The van der Waals surface area contributed by atoms with Gasteiger partial charge >= 0.3 is 5.69 Å². The van der Waals surface area contributed by atoms with E-state index in [2.05, 4.69) is 0 Å².